The zero-order chi connectivity index (χ0) is 10.8. The maximum absolute atomic E-state index is 11.4. The van der Waals surface area contributed by atoms with Gasteiger partial charge in [-0.05, 0) is 24.3 Å². The van der Waals surface area contributed by atoms with Gasteiger partial charge in [-0.25, -0.2) is 13.1 Å². The first-order valence-corrected chi connectivity index (χ1v) is 5.29. The van der Waals surface area contributed by atoms with Crippen molar-refractivity contribution in [2.24, 2.45) is 0 Å². The van der Waals surface area contributed by atoms with Crippen molar-refractivity contribution < 1.29 is 33.5 Å². The molecule has 0 saturated carbocycles. The third kappa shape index (κ3) is 3.96. The van der Waals surface area contributed by atoms with Crippen LogP contribution in [-0.2, 0) is 14.8 Å². The van der Waals surface area contributed by atoms with Crippen LogP contribution in [0.4, 0.5) is 5.69 Å². The fourth-order valence-corrected chi connectivity index (χ4v) is 1.89. The minimum Gasteiger partial charge on any atom is -1.00 e. The molecule has 0 fully saturated rings. The molecule has 1 amide bonds. The number of carbonyl (C=O) groups excluding carboxylic acids is 1. The van der Waals surface area contributed by atoms with E-state index in [1.165, 1.54) is 24.3 Å². The first kappa shape index (κ1) is 14.0. The van der Waals surface area contributed by atoms with Crippen LogP contribution in [0.15, 0.2) is 29.2 Å². The quantitative estimate of drug-likeness (QED) is 0.418. The molecule has 1 aromatic rings. The van der Waals surface area contributed by atoms with Gasteiger partial charge in [0, 0.05) is 12.6 Å². The minimum absolute atomic E-state index is 0. The second-order valence-electron chi connectivity index (χ2n) is 2.73. The van der Waals surface area contributed by atoms with Crippen molar-refractivity contribution in [1.82, 2.24) is 4.72 Å². The zero-order valence-corrected chi connectivity index (χ0v) is 9.34. The number of nitrogen functional groups attached to an aromatic ring is 1. The van der Waals surface area contributed by atoms with E-state index in [4.69, 9.17) is 5.73 Å². The molecule has 1 rings (SSSR count). The number of sulfonamides is 1. The molecule has 78 valence electrons. The monoisotopic (exact) mass is 222 g/mol. The molecule has 0 unspecified atom stereocenters. The summed E-state index contributed by atoms with van der Waals surface area (Å²) in [5, 5.41) is 0. The van der Waals surface area contributed by atoms with Gasteiger partial charge in [0.2, 0.25) is 5.91 Å². The molecule has 0 heterocycles. The average Bonchev–Trinajstić information content (AvgIpc) is 2.02. The van der Waals surface area contributed by atoms with Crippen LogP contribution < -0.4 is 29.3 Å². The SMILES string of the molecule is CC(=O)NS(=O)(=O)c1ccc(N)cc1.[H-].[Li+]. The van der Waals surface area contributed by atoms with Gasteiger partial charge in [-0.2, -0.15) is 0 Å². The third-order valence-electron chi connectivity index (χ3n) is 1.47. The third-order valence-corrected chi connectivity index (χ3v) is 2.92. The second-order valence-corrected chi connectivity index (χ2v) is 4.41. The minimum atomic E-state index is -3.73. The summed E-state index contributed by atoms with van der Waals surface area (Å²) in [5.74, 6) is -0.623. The van der Waals surface area contributed by atoms with E-state index in [0.717, 1.165) is 6.92 Å². The van der Waals surface area contributed by atoms with Crippen molar-refractivity contribution in [2.45, 2.75) is 11.8 Å². The van der Waals surface area contributed by atoms with Crippen LogP contribution in [0, 0.1) is 0 Å². The first-order valence-electron chi connectivity index (χ1n) is 3.81. The molecule has 0 saturated heterocycles. The number of nitrogens with one attached hydrogen (secondary N) is 1. The van der Waals surface area contributed by atoms with Crippen LogP contribution in [0.3, 0.4) is 0 Å². The molecule has 0 atom stereocenters. The average molecular weight is 222 g/mol. The molecule has 0 aliphatic rings. The molecular weight excluding hydrogens is 211 g/mol. The largest absolute Gasteiger partial charge is 1.00 e. The van der Waals surface area contributed by atoms with Gasteiger partial charge in [0.1, 0.15) is 0 Å². The van der Waals surface area contributed by atoms with Crippen molar-refractivity contribution in [3.63, 3.8) is 0 Å². The number of benzene rings is 1. The molecule has 0 aliphatic carbocycles. The Morgan fingerprint density at radius 1 is 1.33 bits per heavy atom. The van der Waals surface area contributed by atoms with Gasteiger partial charge in [0.05, 0.1) is 4.90 Å². The molecule has 0 aliphatic heterocycles. The summed E-state index contributed by atoms with van der Waals surface area (Å²) in [4.78, 5) is 10.6. The maximum Gasteiger partial charge on any atom is 1.00 e. The summed E-state index contributed by atoms with van der Waals surface area (Å²) >= 11 is 0. The number of anilines is 1. The van der Waals surface area contributed by atoms with Crippen LogP contribution in [0.2, 0.25) is 0 Å². The summed E-state index contributed by atoms with van der Waals surface area (Å²) in [6.45, 7) is 1.13. The van der Waals surface area contributed by atoms with Gasteiger partial charge < -0.3 is 7.16 Å². The fraction of sp³-hybridized carbons (Fsp3) is 0.125. The Kier molecular flexibility index (Phi) is 4.88. The molecule has 0 bridgehead atoms. The topological polar surface area (TPSA) is 89.3 Å². The Labute approximate surface area is 102 Å². The Balaban J connectivity index is 0. The number of rotatable bonds is 2. The van der Waals surface area contributed by atoms with E-state index in [2.05, 4.69) is 0 Å². The molecule has 5 nitrogen and oxygen atoms in total. The van der Waals surface area contributed by atoms with E-state index in [9.17, 15) is 13.2 Å². The number of hydrogen-bond acceptors (Lipinski definition) is 4. The van der Waals surface area contributed by atoms with Crippen molar-refractivity contribution in [1.29, 1.82) is 0 Å². The fourth-order valence-electron chi connectivity index (χ4n) is 0.895. The predicted octanol–water partition coefficient (Wildman–Crippen LogP) is -2.79. The second kappa shape index (κ2) is 5.21. The molecule has 3 N–H and O–H groups in total. The van der Waals surface area contributed by atoms with Crippen molar-refractivity contribution in [3.8, 4) is 0 Å². The molecule has 0 spiro atoms. The van der Waals surface area contributed by atoms with Gasteiger partial charge in [0.15, 0.2) is 0 Å². The van der Waals surface area contributed by atoms with Crippen LogP contribution in [0.5, 0.6) is 0 Å². The van der Waals surface area contributed by atoms with Crippen molar-refractivity contribution >= 4 is 21.6 Å². The summed E-state index contributed by atoms with van der Waals surface area (Å²) in [5.41, 5.74) is 5.85. The molecule has 1 aromatic carbocycles. The van der Waals surface area contributed by atoms with Crippen molar-refractivity contribution in [3.05, 3.63) is 24.3 Å². The van der Waals surface area contributed by atoms with E-state index in [1.807, 2.05) is 4.72 Å². The van der Waals surface area contributed by atoms with Crippen LogP contribution >= 0.6 is 0 Å². The summed E-state index contributed by atoms with van der Waals surface area (Å²) in [6, 6.07) is 5.57. The Bertz CT molecular complexity index is 447. The van der Waals surface area contributed by atoms with Gasteiger partial charge in [0.25, 0.3) is 10.0 Å². The molecular formula is C8H11LiN2O3S. The van der Waals surface area contributed by atoms with E-state index in [0.29, 0.717) is 5.69 Å². The van der Waals surface area contributed by atoms with E-state index < -0.39 is 15.9 Å². The summed E-state index contributed by atoms with van der Waals surface area (Å²) in [7, 11) is -3.73. The standard InChI is InChI=1S/C8H10N2O3S.Li.H/c1-6(11)10-14(12,13)8-4-2-7(9)3-5-8;;/h2-5H,9H2,1H3,(H,10,11);;/q;+1;-1. The number of nitrogens with two attached hydrogens (primary N) is 1. The molecule has 15 heavy (non-hydrogen) atoms. The molecule has 7 heteroatoms. The Hall–Kier alpha value is -0.963. The predicted molar refractivity (Wildman–Crippen MR) is 53.0 cm³/mol. The van der Waals surface area contributed by atoms with E-state index >= 15 is 0 Å². The Morgan fingerprint density at radius 2 is 1.80 bits per heavy atom. The van der Waals surface area contributed by atoms with Gasteiger partial charge >= 0.3 is 18.9 Å². The first-order chi connectivity index (χ1) is 6.42. The van der Waals surface area contributed by atoms with E-state index in [-0.39, 0.29) is 25.2 Å². The summed E-state index contributed by atoms with van der Waals surface area (Å²) < 4.78 is 24.6. The van der Waals surface area contributed by atoms with Gasteiger partial charge in [-0.1, -0.05) is 0 Å². The van der Waals surface area contributed by atoms with Crippen LogP contribution in [0.1, 0.15) is 8.35 Å². The van der Waals surface area contributed by atoms with Crippen LogP contribution in [-0.4, -0.2) is 14.3 Å². The normalized spacial score (nSPS) is 10.2. The van der Waals surface area contributed by atoms with Crippen molar-refractivity contribution in [2.75, 3.05) is 5.73 Å². The number of amides is 1. The molecule has 0 aromatic heterocycles. The van der Waals surface area contributed by atoms with Gasteiger partial charge in [-0.15, -0.1) is 0 Å². The van der Waals surface area contributed by atoms with Gasteiger partial charge in [-0.3, -0.25) is 4.79 Å². The zero-order valence-electron chi connectivity index (χ0n) is 9.52. The smallest absolute Gasteiger partial charge is 1.00 e. The number of hydrogen-bond donors (Lipinski definition) is 2. The van der Waals surface area contributed by atoms with Crippen LogP contribution in [0.25, 0.3) is 0 Å². The molecule has 0 radical (unpaired) electrons. The maximum atomic E-state index is 11.4. The Morgan fingerprint density at radius 3 is 2.20 bits per heavy atom. The van der Waals surface area contributed by atoms with E-state index in [1.54, 1.807) is 0 Å². The summed E-state index contributed by atoms with van der Waals surface area (Å²) in [6.07, 6.45) is 0. The number of carbonyl (C=O) groups is 1.